The maximum Gasteiger partial charge on any atom is 0.249 e. The highest BCUT2D eigenvalue weighted by molar-refractivity contribution is 5.81. The lowest BCUT2D eigenvalue weighted by atomic mass is 9.91. The van der Waals surface area contributed by atoms with Gasteiger partial charge in [0.05, 0.1) is 24.5 Å². The van der Waals surface area contributed by atoms with Crippen molar-refractivity contribution in [2.75, 3.05) is 13.1 Å². The molecule has 2 aromatic rings. The summed E-state index contributed by atoms with van der Waals surface area (Å²) in [4.78, 5) is 19.1. The van der Waals surface area contributed by atoms with Gasteiger partial charge in [-0.25, -0.2) is 0 Å². The van der Waals surface area contributed by atoms with Crippen LogP contribution < -0.4 is 5.32 Å². The van der Waals surface area contributed by atoms with Crippen molar-refractivity contribution >= 4 is 5.91 Å². The van der Waals surface area contributed by atoms with Crippen molar-refractivity contribution in [3.8, 4) is 0 Å². The Hall–Kier alpha value is -2.25. The van der Waals surface area contributed by atoms with Crippen molar-refractivity contribution in [3.05, 3.63) is 48.0 Å². The van der Waals surface area contributed by atoms with E-state index >= 15 is 0 Å². The number of carbonyl (C=O) groups is 1. The first-order valence-electron chi connectivity index (χ1n) is 9.20. The number of ether oxygens (including phenoxy) is 1. The number of likely N-dealkylation sites (tertiary alicyclic amines) is 1. The molecule has 0 unspecified atom stereocenters. The van der Waals surface area contributed by atoms with Crippen LogP contribution in [-0.2, 0) is 29.7 Å². The van der Waals surface area contributed by atoms with Crippen molar-refractivity contribution in [2.24, 2.45) is 13.0 Å². The van der Waals surface area contributed by atoms with E-state index in [0.29, 0.717) is 12.5 Å². The molecule has 2 aromatic heterocycles. The van der Waals surface area contributed by atoms with Gasteiger partial charge in [-0.15, -0.1) is 0 Å². The van der Waals surface area contributed by atoms with E-state index in [-0.39, 0.29) is 18.1 Å². The van der Waals surface area contributed by atoms with Crippen LogP contribution in [-0.4, -0.2) is 50.9 Å². The highest BCUT2D eigenvalue weighted by atomic mass is 16.5. The van der Waals surface area contributed by atoms with Crippen LogP contribution in [0.1, 0.15) is 24.1 Å². The molecule has 0 aromatic carbocycles. The first kappa shape index (κ1) is 17.2. The molecule has 26 heavy (non-hydrogen) atoms. The molecule has 1 amide bonds. The Morgan fingerprint density at radius 1 is 1.42 bits per heavy atom. The molecule has 0 bridgehead atoms. The average molecular weight is 355 g/mol. The molecule has 4 rings (SSSR count). The van der Waals surface area contributed by atoms with E-state index in [1.807, 2.05) is 36.1 Å². The fourth-order valence-electron chi connectivity index (χ4n) is 3.91. The van der Waals surface area contributed by atoms with E-state index in [1.54, 1.807) is 6.20 Å². The zero-order chi connectivity index (χ0) is 17.9. The second-order valence-electron chi connectivity index (χ2n) is 7.24. The molecule has 1 N–H and O–H groups in total. The van der Waals surface area contributed by atoms with E-state index in [0.717, 1.165) is 38.2 Å². The molecule has 0 aliphatic carbocycles. The summed E-state index contributed by atoms with van der Waals surface area (Å²) in [5.41, 5.74) is 2.08. The molecule has 2 aliphatic rings. The minimum atomic E-state index is -0.341. The number of carbonyl (C=O) groups excluding carboxylic acids is 1. The normalized spacial score (nSPS) is 25.8. The molecule has 2 fully saturated rings. The highest BCUT2D eigenvalue weighted by Crippen LogP contribution is 2.33. The zero-order valence-corrected chi connectivity index (χ0v) is 15.0. The summed E-state index contributed by atoms with van der Waals surface area (Å²) in [5, 5.41) is 7.18. The molecule has 7 heteroatoms. The molecule has 2 aliphatic heterocycles. The van der Waals surface area contributed by atoms with E-state index in [2.05, 4.69) is 26.5 Å². The molecule has 138 valence electrons. The maximum atomic E-state index is 12.4. The third-order valence-corrected chi connectivity index (χ3v) is 5.26. The molecule has 2 saturated heterocycles. The SMILES string of the molecule is Cn1cc(CN2CC[C@@H]3C[C@@H](C(=O)NCc4ccccn4)O[C@@H]3C2)cn1. The maximum absolute atomic E-state index is 12.4. The van der Waals surface area contributed by atoms with Crippen molar-refractivity contribution in [1.29, 1.82) is 0 Å². The fourth-order valence-corrected chi connectivity index (χ4v) is 3.91. The van der Waals surface area contributed by atoms with Gasteiger partial charge in [0.1, 0.15) is 6.10 Å². The van der Waals surface area contributed by atoms with Crippen molar-refractivity contribution in [3.63, 3.8) is 0 Å². The van der Waals surface area contributed by atoms with Crippen LogP contribution in [0.2, 0.25) is 0 Å². The number of hydrogen-bond acceptors (Lipinski definition) is 5. The van der Waals surface area contributed by atoms with Gasteiger partial charge >= 0.3 is 0 Å². The van der Waals surface area contributed by atoms with Gasteiger partial charge in [0.15, 0.2) is 0 Å². The third-order valence-electron chi connectivity index (χ3n) is 5.26. The Morgan fingerprint density at radius 2 is 2.35 bits per heavy atom. The van der Waals surface area contributed by atoms with Crippen LogP contribution in [0.4, 0.5) is 0 Å². The smallest absolute Gasteiger partial charge is 0.249 e. The number of nitrogens with zero attached hydrogens (tertiary/aromatic N) is 4. The van der Waals surface area contributed by atoms with Gasteiger partial charge in [-0.05, 0) is 37.4 Å². The molecule has 7 nitrogen and oxygen atoms in total. The predicted molar refractivity (Wildman–Crippen MR) is 96.0 cm³/mol. The number of aryl methyl sites for hydroxylation is 1. The highest BCUT2D eigenvalue weighted by Gasteiger charge is 2.41. The molecular formula is C19H25N5O2. The summed E-state index contributed by atoms with van der Waals surface area (Å²) < 4.78 is 7.92. The lowest BCUT2D eigenvalue weighted by molar-refractivity contribution is -0.133. The Labute approximate surface area is 153 Å². The summed E-state index contributed by atoms with van der Waals surface area (Å²) in [6, 6.07) is 5.70. The number of hydrogen-bond donors (Lipinski definition) is 1. The summed E-state index contributed by atoms with van der Waals surface area (Å²) in [7, 11) is 1.93. The van der Waals surface area contributed by atoms with Gasteiger partial charge in [-0.1, -0.05) is 6.07 Å². The third kappa shape index (κ3) is 3.94. The topological polar surface area (TPSA) is 72.3 Å². The number of pyridine rings is 1. The van der Waals surface area contributed by atoms with Crippen LogP contribution in [0.25, 0.3) is 0 Å². The second kappa shape index (κ2) is 7.55. The summed E-state index contributed by atoms with van der Waals surface area (Å²) in [5.74, 6) is 0.453. The van der Waals surface area contributed by atoms with Crippen LogP contribution >= 0.6 is 0 Å². The Bertz CT molecular complexity index is 747. The second-order valence-corrected chi connectivity index (χ2v) is 7.24. The largest absolute Gasteiger partial charge is 0.364 e. The van der Waals surface area contributed by atoms with Gasteiger partial charge < -0.3 is 10.1 Å². The van der Waals surface area contributed by atoms with Gasteiger partial charge in [0.2, 0.25) is 5.91 Å². The first-order valence-corrected chi connectivity index (χ1v) is 9.20. The number of fused-ring (bicyclic) bond motifs is 1. The molecule has 3 atom stereocenters. The standard InChI is InChI=1S/C19H25N5O2/c1-23-11-14(9-22-23)12-24-7-5-15-8-17(26-18(15)13-24)19(25)21-10-16-4-2-3-6-20-16/h2-4,6,9,11,15,17-18H,5,7-8,10,12-13H2,1H3,(H,21,25)/t15-,17+,18-/m1/s1. The predicted octanol–water partition coefficient (Wildman–Crippen LogP) is 1.11. The molecule has 0 spiro atoms. The summed E-state index contributed by atoms with van der Waals surface area (Å²) in [6.07, 6.45) is 7.40. The Kier molecular flexibility index (Phi) is 4.99. The number of piperidine rings is 1. The number of amides is 1. The van der Waals surface area contributed by atoms with Crippen LogP contribution in [0.5, 0.6) is 0 Å². The lowest BCUT2D eigenvalue weighted by Gasteiger charge is -2.33. The fraction of sp³-hybridized carbons (Fsp3) is 0.526. The van der Waals surface area contributed by atoms with Crippen molar-refractivity contribution in [2.45, 2.75) is 38.1 Å². The molecule has 4 heterocycles. The average Bonchev–Trinajstić information content (AvgIpc) is 3.26. The van der Waals surface area contributed by atoms with E-state index < -0.39 is 0 Å². The first-order chi connectivity index (χ1) is 12.7. The van der Waals surface area contributed by atoms with Gasteiger partial charge in [0, 0.05) is 38.1 Å². The quantitative estimate of drug-likeness (QED) is 0.870. The zero-order valence-electron chi connectivity index (χ0n) is 15.0. The van der Waals surface area contributed by atoms with Gasteiger partial charge in [-0.2, -0.15) is 5.10 Å². The monoisotopic (exact) mass is 355 g/mol. The van der Waals surface area contributed by atoms with E-state index in [1.165, 1.54) is 5.56 Å². The van der Waals surface area contributed by atoms with Crippen molar-refractivity contribution < 1.29 is 9.53 Å². The summed E-state index contributed by atoms with van der Waals surface area (Å²) >= 11 is 0. The van der Waals surface area contributed by atoms with E-state index in [4.69, 9.17) is 4.74 Å². The van der Waals surface area contributed by atoms with Crippen molar-refractivity contribution in [1.82, 2.24) is 25.0 Å². The van der Waals surface area contributed by atoms with Crippen LogP contribution in [0.3, 0.4) is 0 Å². The minimum Gasteiger partial charge on any atom is -0.364 e. The minimum absolute atomic E-state index is 0.0242. The Balaban J connectivity index is 1.28. The number of rotatable bonds is 5. The van der Waals surface area contributed by atoms with E-state index in [9.17, 15) is 4.79 Å². The number of nitrogens with one attached hydrogen (secondary N) is 1. The lowest BCUT2D eigenvalue weighted by Crippen LogP contribution is -2.42. The molecular weight excluding hydrogens is 330 g/mol. The molecule has 0 radical (unpaired) electrons. The van der Waals surface area contributed by atoms with Gasteiger partial charge in [-0.3, -0.25) is 19.4 Å². The molecule has 0 saturated carbocycles. The number of aromatic nitrogens is 3. The van der Waals surface area contributed by atoms with Gasteiger partial charge in [0.25, 0.3) is 0 Å². The van der Waals surface area contributed by atoms with Crippen LogP contribution in [0, 0.1) is 5.92 Å². The summed E-state index contributed by atoms with van der Waals surface area (Å²) in [6.45, 7) is 3.25. The Morgan fingerprint density at radius 3 is 3.12 bits per heavy atom. The van der Waals surface area contributed by atoms with Crippen LogP contribution in [0.15, 0.2) is 36.8 Å².